The number of carbonyl (C=O) groups excluding carboxylic acids is 1. The van der Waals surface area contributed by atoms with Crippen molar-refractivity contribution in [3.05, 3.63) is 46.1 Å². The summed E-state index contributed by atoms with van der Waals surface area (Å²) in [6.07, 6.45) is 0.846. The fourth-order valence-electron chi connectivity index (χ4n) is 1.88. The van der Waals surface area contributed by atoms with Crippen LogP contribution in [0.15, 0.2) is 34.2 Å². The Morgan fingerprint density at radius 3 is 2.90 bits per heavy atom. The molecular formula is C14H16FN3O2S. The average molecular weight is 309 g/mol. The first-order chi connectivity index (χ1) is 10.1. The predicted molar refractivity (Wildman–Crippen MR) is 79.0 cm³/mol. The Morgan fingerprint density at radius 1 is 1.43 bits per heavy atom. The normalized spacial score (nSPS) is 10.8. The zero-order chi connectivity index (χ0) is 15.2. The second-order valence-corrected chi connectivity index (χ2v) is 5.50. The highest BCUT2D eigenvalue weighted by atomic mass is 32.2. The Bertz CT molecular complexity index is 681. The third-order valence-corrected chi connectivity index (χ3v) is 3.91. The number of nitrogens with zero attached hydrogens (tertiary/aromatic N) is 2. The van der Waals surface area contributed by atoms with Gasteiger partial charge in [-0.15, -0.1) is 5.10 Å². The van der Waals surface area contributed by atoms with E-state index in [4.69, 9.17) is 0 Å². The summed E-state index contributed by atoms with van der Waals surface area (Å²) in [5.41, 5.74) is 0.108. The summed E-state index contributed by atoms with van der Waals surface area (Å²) in [4.78, 5) is 23.4. The van der Waals surface area contributed by atoms with Gasteiger partial charge in [0.15, 0.2) is 5.16 Å². The molecule has 0 unspecified atom stereocenters. The third kappa shape index (κ3) is 4.04. The van der Waals surface area contributed by atoms with E-state index in [1.807, 2.05) is 6.92 Å². The standard InChI is InChI=1S/C14H16FN3O2S/c1-2-7-18-13(20)16-17-14(18)21-9-11(19)8-10-5-3-4-6-12(10)15/h3-6H,2,7-9H2,1H3,(H,16,20). The number of benzene rings is 1. The molecule has 2 rings (SSSR count). The highest BCUT2D eigenvalue weighted by Crippen LogP contribution is 2.15. The zero-order valence-corrected chi connectivity index (χ0v) is 12.5. The molecule has 0 atom stereocenters. The number of H-pyrrole nitrogens is 1. The molecule has 1 N–H and O–H groups in total. The fourth-order valence-corrected chi connectivity index (χ4v) is 2.72. The van der Waals surface area contributed by atoms with E-state index >= 15 is 0 Å². The van der Waals surface area contributed by atoms with Crippen LogP contribution in [-0.4, -0.2) is 26.3 Å². The van der Waals surface area contributed by atoms with E-state index < -0.39 is 0 Å². The molecule has 0 aliphatic carbocycles. The van der Waals surface area contributed by atoms with E-state index in [1.165, 1.54) is 22.4 Å². The van der Waals surface area contributed by atoms with E-state index in [-0.39, 0.29) is 29.5 Å². The van der Waals surface area contributed by atoms with Crippen LogP contribution in [0.5, 0.6) is 0 Å². The van der Waals surface area contributed by atoms with Crippen molar-refractivity contribution in [2.75, 3.05) is 5.75 Å². The lowest BCUT2D eigenvalue weighted by atomic mass is 10.1. The van der Waals surface area contributed by atoms with Crippen LogP contribution in [0.3, 0.4) is 0 Å². The van der Waals surface area contributed by atoms with E-state index in [0.29, 0.717) is 17.3 Å². The van der Waals surface area contributed by atoms with Crippen molar-refractivity contribution in [3.8, 4) is 0 Å². The second-order valence-electron chi connectivity index (χ2n) is 4.56. The van der Waals surface area contributed by atoms with Gasteiger partial charge in [0, 0.05) is 13.0 Å². The van der Waals surface area contributed by atoms with Crippen molar-refractivity contribution in [1.29, 1.82) is 0 Å². The average Bonchev–Trinajstić information content (AvgIpc) is 2.81. The van der Waals surface area contributed by atoms with Gasteiger partial charge in [-0.2, -0.15) is 0 Å². The first-order valence-electron chi connectivity index (χ1n) is 6.65. The number of rotatable bonds is 7. The minimum atomic E-state index is -0.376. The summed E-state index contributed by atoms with van der Waals surface area (Å²) in [5.74, 6) is -0.329. The Kier molecular flexibility index (Phi) is 5.32. The topological polar surface area (TPSA) is 67.8 Å². The number of hydrogen-bond acceptors (Lipinski definition) is 4. The molecule has 0 fully saturated rings. The molecule has 112 valence electrons. The van der Waals surface area contributed by atoms with E-state index in [2.05, 4.69) is 10.2 Å². The highest BCUT2D eigenvalue weighted by Gasteiger charge is 2.12. The highest BCUT2D eigenvalue weighted by molar-refractivity contribution is 7.99. The maximum absolute atomic E-state index is 13.5. The smallest absolute Gasteiger partial charge is 0.298 e. The number of carbonyl (C=O) groups is 1. The Morgan fingerprint density at radius 2 is 2.19 bits per heavy atom. The molecule has 0 aliphatic rings. The maximum Gasteiger partial charge on any atom is 0.343 e. The molecule has 0 radical (unpaired) electrons. The minimum absolute atomic E-state index is 0.0438. The van der Waals surface area contributed by atoms with Crippen LogP contribution in [0.1, 0.15) is 18.9 Å². The molecule has 2 aromatic rings. The molecule has 5 nitrogen and oxygen atoms in total. The van der Waals surface area contributed by atoms with E-state index in [9.17, 15) is 14.0 Å². The van der Waals surface area contributed by atoms with Crippen LogP contribution in [0, 0.1) is 5.82 Å². The van der Waals surface area contributed by atoms with Crippen LogP contribution in [0.2, 0.25) is 0 Å². The fraction of sp³-hybridized carbons (Fsp3) is 0.357. The molecule has 0 spiro atoms. The van der Waals surface area contributed by atoms with Crippen LogP contribution >= 0.6 is 11.8 Å². The van der Waals surface area contributed by atoms with Crippen molar-refractivity contribution in [1.82, 2.24) is 14.8 Å². The Hall–Kier alpha value is -1.89. The molecule has 21 heavy (non-hydrogen) atoms. The summed E-state index contributed by atoms with van der Waals surface area (Å²) in [7, 11) is 0. The first kappa shape index (κ1) is 15.5. The van der Waals surface area contributed by atoms with Gasteiger partial charge in [0.25, 0.3) is 0 Å². The molecular weight excluding hydrogens is 293 g/mol. The summed E-state index contributed by atoms with van der Waals surface area (Å²) >= 11 is 1.19. The molecule has 7 heteroatoms. The summed E-state index contributed by atoms with van der Waals surface area (Å²) in [5, 5.41) is 6.75. The second kappa shape index (κ2) is 7.21. The molecule has 0 aliphatic heterocycles. The van der Waals surface area contributed by atoms with Gasteiger partial charge in [0.1, 0.15) is 11.6 Å². The monoisotopic (exact) mass is 309 g/mol. The van der Waals surface area contributed by atoms with Gasteiger partial charge in [-0.3, -0.25) is 9.36 Å². The van der Waals surface area contributed by atoms with Gasteiger partial charge < -0.3 is 0 Å². The molecule has 1 heterocycles. The number of Topliss-reactive ketones (excluding diaryl/α,β-unsaturated/α-hetero) is 1. The van der Waals surface area contributed by atoms with Gasteiger partial charge in [-0.25, -0.2) is 14.3 Å². The quantitative estimate of drug-likeness (QED) is 0.795. The summed E-state index contributed by atoms with van der Waals surface area (Å²) in [6.45, 7) is 2.51. The number of aromatic amines is 1. The molecule has 1 aromatic heterocycles. The SMILES string of the molecule is CCCn1c(SCC(=O)Cc2ccccc2F)n[nH]c1=O. The summed E-state index contributed by atoms with van der Waals surface area (Å²) in [6, 6.07) is 6.22. The van der Waals surface area contributed by atoms with Crippen molar-refractivity contribution >= 4 is 17.5 Å². The lowest BCUT2D eigenvalue weighted by Gasteiger charge is -2.04. The Balaban J connectivity index is 1.96. The van der Waals surface area contributed by atoms with Crippen molar-refractivity contribution in [2.24, 2.45) is 0 Å². The van der Waals surface area contributed by atoms with E-state index in [1.54, 1.807) is 18.2 Å². The number of aromatic nitrogens is 3. The van der Waals surface area contributed by atoms with Crippen molar-refractivity contribution in [2.45, 2.75) is 31.5 Å². The first-order valence-corrected chi connectivity index (χ1v) is 7.63. The Labute approximate surface area is 125 Å². The molecule has 1 aromatic carbocycles. The predicted octanol–water partition coefficient (Wildman–Crippen LogP) is 2.02. The lowest BCUT2D eigenvalue weighted by molar-refractivity contribution is -0.116. The zero-order valence-electron chi connectivity index (χ0n) is 11.6. The van der Waals surface area contributed by atoms with Crippen LogP contribution in [0.4, 0.5) is 4.39 Å². The molecule has 0 amide bonds. The maximum atomic E-state index is 13.5. The van der Waals surface area contributed by atoms with Crippen molar-refractivity contribution in [3.63, 3.8) is 0 Å². The van der Waals surface area contributed by atoms with E-state index in [0.717, 1.165) is 6.42 Å². The third-order valence-electron chi connectivity index (χ3n) is 2.88. The van der Waals surface area contributed by atoms with Gasteiger partial charge in [0.05, 0.1) is 5.75 Å². The number of hydrogen-bond donors (Lipinski definition) is 1. The molecule has 0 saturated carbocycles. The largest absolute Gasteiger partial charge is 0.343 e. The summed E-state index contributed by atoms with van der Waals surface area (Å²) < 4.78 is 15.0. The number of nitrogens with one attached hydrogen (secondary N) is 1. The van der Waals surface area contributed by atoms with Crippen molar-refractivity contribution < 1.29 is 9.18 Å². The van der Waals surface area contributed by atoms with Gasteiger partial charge >= 0.3 is 5.69 Å². The van der Waals surface area contributed by atoms with Crippen LogP contribution < -0.4 is 5.69 Å². The van der Waals surface area contributed by atoms with Gasteiger partial charge in [-0.1, -0.05) is 36.9 Å². The minimum Gasteiger partial charge on any atom is -0.298 e. The van der Waals surface area contributed by atoms with Crippen LogP contribution in [-0.2, 0) is 17.8 Å². The lowest BCUT2D eigenvalue weighted by Crippen LogP contribution is -2.17. The van der Waals surface area contributed by atoms with Gasteiger partial charge in [0.2, 0.25) is 0 Å². The number of ketones is 1. The number of halogens is 1. The molecule has 0 bridgehead atoms. The van der Waals surface area contributed by atoms with Gasteiger partial charge in [-0.05, 0) is 18.1 Å². The molecule has 0 saturated heterocycles. The number of thioether (sulfide) groups is 1. The van der Waals surface area contributed by atoms with Crippen LogP contribution in [0.25, 0.3) is 0 Å².